The van der Waals surface area contributed by atoms with E-state index >= 15 is 0 Å². The average Bonchev–Trinajstić information content (AvgIpc) is 2.79. The number of nitrogens with two attached hydrogens (primary N) is 1. The maximum atomic E-state index is 11.7. The van der Waals surface area contributed by atoms with Gasteiger partial charge in [-0.3, -0.25) is 9.89 Å². The summed E-state index contributed by atoms with van der Waals surface area (Å²) in [6.45, 7) is 1.77. The summed E-state index contributed by atoms with van der Waals surface area (Å²) in [4.78, 5) is 11.7. The summed E-state index contributed by atoms with van der Waals surface area (Å²) in [5, 5.41) is 9.06. The van der Waals surface area contributed by atoms with Gasteiger partial charge in [0.05, 0.1) is 11.4 Å². The molecule has 0 unspecified atom stereocenters. The number of halogens is 1. The maximum absolute atomic E-state index is 11.7. The molecule has 0 radical (unpaired) electrons. The first-order valence-corrected chi connectivity index (χ1v) is 5.24. The van der Waals surface area contributed by atoms with Crippen molar-refractivity contribution >= 4 is 33.3 Å². The molecule has 4 N–H and O–H groups in total. The van der Waals surface area contributed by atoms with Crippen LogP contribution in [-0.2, 0) is 0 Å². The van der Waals surface area contributed by atoms with Crippen LogP contribution < -0.4 is 11.1 Å². The summed E-state index contributed by atoms with van der Waals surface area (Å²) in [7, 11) is 0. The van der Waals surface area contributed by atoms with Gasteiger partial charge in [-0.15, -0.1) is 0 Å². The molecule has 0 saturated carbocycles. The summed E-state index contributed by atoms with van der Waals surface area (Å²) in [6, 6.07) is 3.18. The number of hydrogen-bond donors (Lipinski definition) is 3. The number of aromatic nitrogens is 2. The molecule has 0 aliphatic carbocycles. The Labute approximate surface area is 99.3 Å². The zero-order valence-corrected chi connectivity index (χ0v) is 9.96. The summed E-state index contributed by atoms with van der Waals surface area (Å²) in [5.41, 5.74) is 6.81. The van der Waals surface area contributed by atoms with Gasteiger partial charge in [-0.05, 0) is 35.0 Å². The Hall–Kier alpha value is -1.76. The largest absolute Gasteiger partial charge is 0.444 e. The number of furan rings is 1. The van der Waals surface area contributed by atoms with Crippen LogP contribution in [-0.4, -0.2) is 16.1 Å². The molecule has 0 fully saturated rings. The number of nitrogens with zero attached hydrogens (tertiary/aromatic N) is 1. The summed E-state index contributed by atoms with van der Waals surface area (Å²) < 4.78 is 5.58. The monoisotopic (exact) mass is 284 g/mol. The van der Waals surface area contributed by atoms with Crippen molar-refractivity contribution in [2.75, 3.05) is 11.1 Å². The predicted molar refractivity (Wildman–Crippen MR) is 62.1 cm³/mol. The Morgan fingerprint density at radius 1 is 1.62 bits per heavy atom. The van der Waals surface area contributed by atoms with E-state index in [1.165, 1.54) is 0 Å². The molecule has 16 heavy (non-hydrogen) atoms. The van der Waals surface area contributed by atoms with Crippen LogP contribution in [0.15, 0.2) is 21.2 Å². The first kappa shape index (κ1) is 10.7. The lowest BCUT2D eigenvalue weighted by Crippen LogP contribution is -2.12. The molecule has 2 heterocycles. The van der Waals surface area contributed by atoms with Gasteiger partial charge in [-0.25, -0.2) is 0 Å². The van der Waals surface area contributed by atoms with Gasteiger partial charge in [0.2, 0.25) is 0 Å². The number of aryl methyl sites for hydroxylation is 1. The smallest absolute Gasteiger partial charge is 0.292 e. The van der Waals surface area contributed by atoms with Crippen molar-refractivity contribution in [3.8, 4) is 0 Å². The van der Waals surface area contributed by atoms with Crippen molar-refractivity contribution in [2.24, 2.45) is 0 Å². The van der Waals surface area contributed by atoms with Crippen molar-refractivity contribution in [2.45, 2.75) is 6.92 Å². The molecule has 6 nitrogen and oxygen atoms in total. The molecule has 0 aromatic carbocycles. The number of nitrogen functional groups attached to an aromatic ring is 1. The minimum absolute atomic E-state index is 0.187. The molecular formula is C9H9BrN4O2. The van der Waals surface area contributed by atoms with Crippen LogP contribution in [0.25, 0.3) is 0 Å². The number of nitrogens with one attached hydrogen (secondary N) is 2. The molecule has 0 bridgehead atoms. The van der Waals surface area contributed by atoms with E-state index in [0.29, 0.717) is 21.9 Å². The van der Waals surface area contributed by atoms with Gasteiger partial charge in [0.1, 0.15) is 0 Å². The van der Waals surface area contributed by atoms with Gasteiger partial charge >= 0.3 is 0 Å². The second-order valence-electron chi connectivity index (χ2n) is 3.17. The zero-order valence-electron chi connectivity index (χ0n) is 8.37. The highest BCUT2D eigenvalue weighted by molar-refractivity contribution is 9.10. The number of hydrogen-bond acceptors (Lipinski definition) is 4. The van der Waals surface area contributed by atoms with E-state index in [0.717, 1.165) is 0 Å². The van der Waals surface area contributed by atoms with Crippen molar-refractivity contribution in [3.63, 3.8) is 0 Å². The van der Waals surface area contributed by atoms with E-state index in [1.54, 1.807) is 19.1 Å². The number of rotatable bonds is 2. The van der Waals surface area contributed by atoms with Crippen LogP contribution in [0.2, 0.25) is 0 Å². The van der Waals surface area contributed by atoms with E-state index in [1.807, 2.05) is 0 Å². The molecule has 0 aliphatic heterocycles. The SMILES string of the molecule is Cc1[nH]nc(NC(=O)c2ccc(Br)o2)c1N. The van der Waals surface area contributed by atoms with E-state index in [9.17, 15) is 4.79 Å². The van der Waals surface area contributed by atoms with Gasteiger partial charge in [0, 0.05) is 0 Å². The maximum Gasteiger partial charge on any atom is 0.292 e. The Bertz CT molecular complexity index is 531. The zero-order chi connectivity index (χ0) is 11.7. The fourth-order valence-corrected chi connectivity index (χ4v) is 1.45. The van der Waals surface area contributed by atoms with Crippen LogP contribution in [0.3, 0.4) is 0 Å². The standard InChI is InChI=1S/C9H9BrN4O2/c1-4-7(11)8(14-13-4)12-9(15)5-2-3-6(10)16-5/h2-3H,11H2,1H3,(H2,12,13,14,15). The quantitative estimate of drug-likeness (QED) is 0.785. The van der Waals surface area contributed by atoms with Gasteiger partial charge < -0.3 is 15.5 Å². The number of amides is 1. The lowest BCUT2D eigenvalue weighted by atomic mass is 10.3. The van der Waals surface area contributed by atoms with Crippen LogP contribution in [0.1, 0.15) is 16.2 Å². The molecular weight excluding hydrogens is 276 g/mol. The van der Waals surface area contributed by atoms with Crippen molar-refractivity contribution in [1.29, 1.82) is 0 Å². The van der Waals surface area contributed by atoms with Gasteiger partial charge in [-0.1, -0.05) is 0 Å². The Kier molecular flexibility index (Phi) is 2.69. The fourth-order valence-electron chi connectivity index (χ4n) is 1.14. The molecule has 2 aromatic rings. The first-order chi connectivity index (χ1) is 7.58. The topological polar surface area (TPSA) is 96.9 Å². The van der Waals surface area contributed by atoms with Crippen LogP contribution >= 0.6 is 15.9 Å². The first-order valence-electron chi connectivity index (χ1n) is 4.45. The predicted octanol–water partition coefficient (Wildman–Crippen LogP) is 1.91. The second kappa shape index (κ2) is 4.01. The van der Waals surface area contributed by atoms with E-state index in [4.69, 9.17) is 10.2 Å². The summed E-state index contributed by atoms with van der Waals surface area (Å²) in [6.07, 6.45) is 0. The lowest BCUT2D eigenvalue weighted by molar-refractivity contribution is 0.0995. The van der Waals surface area contributed by atoms with Gasteiger partial charge in [0.15, 0.2) is 16.2 Å². The summed E-state index contributed by atoms with van der Waals surface area (Å²) >= 11 is 3.11. The second-order valence-corrected chi connectivity index (χ2v) is 3.95. The average molecular weight is 285 g/mol. The van der Waals surface area contributed by atoms with Crippen LogP contribution in [0.4, 0.5) is 11.5 Å². The number of anilines is 2. The highest BCUT2D eigenvalue weighted by Gasteiger charge is 2.14. The van der Waals surface area contributed by atoms with E-state index in [-0.39, 0.29) is 5.76 Å². The van der Waals surface area contributed by atoms with Crippen LogP contribution in [0, 0.1) is 6.92 Å². The normalized spacial score (nSPS) is 10.4. The third kappa shape index (κ3) is 1.94. The molecule has 0 aliphatic rings. The number of carbonyl (C=O) groups excluding carboxylic acids is 1. The van der Waals surface area contributed by atoms with E-state index in [2.05, 4.69) is 31.4 Å². The van der Waals surface area contributed by atoms with Crippen molar-refractivity contribution < 1.29 is 9.21 Å². The molecule has 2 aromatic heterocycles. The Morgan fingerprint density at radius 3 is 2.88 bits per heavy atom. The molecule has 7 heteroatoms. The number of H-pyrrole nitrogens is 1. The highest BCUT2D eigenvalue weighted by Crippen LogP contribution is 2.20. The molecule has 0 spiro atoms. The van der Waals surface area contributed by atoms with Gasteiger partial charge in [-0.2, -0.15) is 5.10 Å². The lowest BCUT2D eigenvalue weighted by Gasteiger charge is -1.99. The van der Waals surface area contributed by atoms with Gasteiger partial charge in [0.25, 0.3) is 5.91 Å². The molecule has 0 saturated heterocycles. The van der Waals surface area contributed by atoms with E-state index < -0.39 is 5.91 Å². The van der Waals surface area contributed by atoms with Crippen molar-refractivity contribution in [1.82, 2.24) is 10.2 Å². The third-order valence-electron chi connectivity index (χ3n) is 2.02. The molecule has 1 amide bonds. The fraction of sp³-hybridized carbons (Fsp3) is 0.111. The third-order valence-corrected chi connectivity index (χ3v) is 2.45. The Morgan fingerprint density at radius 2 is 2.38 bits per heavy atom. The summed E-state index contributed by atoms with van der Waals surface area (Å²) in [5.74, 6) is 0.0888. The van der Waals surface area contributed by atoms with Crippen molar-refractivity contribution in [3.05, 3.63) is 28.3 Å². The minimum atomic E-state index is -0.399. The molecule has 2 rings (SSSR count). The number of carbonyl (C=O) groups is 1. The molecule has 0 atom stereocenters. The molecule has 84 valence electrons. The van der Waals surface area contributed by atoms with Crippen LogP contribution in [0.5, 0.6) is 0 Å². The minimum Gasteiger partial charge on any atom is -0.444 e. The highest BCUT2D eigenvalue weighted by atomic mass is 79.9. The Balaban J connectivity index is 2.17. The number of aromatic amines is 1.